The number of amides is 1. The number of nitrogens with zero attached hydrogens (tertiary/aromatic N) is 3. The number of carboxylic acids is 1. The molecular formula is C29H38F3N3O5. The standard InChI is InChI=1S/C29H38F3N3O5/c1-18(2)35(27(36)21-8-6-19(3)7-9-21)25-11-10-22(15-23(25)28(37)38)40-26-24(29(30,31)32)14-20(16-33-26)17-34(4)12-13-39-5/h10-11,14-16,18-19,21H,6-9,12-13,17H2,1-5H3,(H,37,38). The van der Waals surface area contributed by atoms with Crippen LogP contribution in [0.2, 0.25) is 0 Å². The van der Waals surface area contributed by atoms with E-state index in [0.29, 0.717) is 24.6 Å². The molecule has 40 heavy (non-hydrogen) atoms. The van der Waals surface area contributed by atoms with E-state index in [0.717, 1.165) is 37.8 Å². The Hall–Kier alpha value is -3.18. The molecule has 1 saturated carbocycles. The smallest absolute Gasteiger partial charge is 0.421 e. The third kappa shape index (κ3) is 7.94. The molecular weight excluding hydrogens is 527 g/mol. The number of alkyl halides is 3. The van der Waals surface area contributed by atoms with Gasteiger partial charge in [-0.1, -0.05) is 6.92 Å². The normalized spacial score (nSPS) is 17.8. The number of pyridine rings is 1. The Labute approximate surface area is 233 Å². The number of carbonyl (C=O) groups is 2. The van der Waals surface area contributed by atoms with Crippen molar-refractivity contribution in [3.8, 4) is 11.6 Å². The van der Waals surface area contributed by atoms with Gasteiger partial charge >= 0.3 is 12.1 Å². The molecule has 0 radical (unpaired) electrons. The first-order valence-corrected chi connectivity index (χ1v) is 13.4. The van der Waals surface area contributed by atoms with E-state index in [9.17, 15) is 27.9 Å². The molecule has 2 aromatic rings. The fourth-order valence-corrected chi connectivity index (χ4v) is 4.93. The van der Waals surface area contributed by atoms with Crippen molar-refractivity contribution in [2.75, 3.05) is 32.2 Å². The van der Waals surface area contributed by atoms with Crippen LogP contribution in [-0.2, 0) is 22.3 Å². The first kappa shape index (κ1) is 31.3. The summed E-state index contributed by atoms with van der Waals surface area (Å²) in [4.78, 5) is 32.9. The van der Waals surface area contributed by atoms with Crippen LogP contribution in [0.1, 0.15) is 67.9 Å². The Bertz CT molecular complexity index is 1180. The van der Waals surface area contributed by atoms with Gasteiger partial charge in [0.05, 0.1) is 17.9 Å². The number of halogens is 3. The van der Waals surface area contributed by atoms with E-state index < -0.39 is 23.6 Å². The second kappa shape index (κ2) is 13.5. The zero-order valence-electron chi connectivity index (χ0n) is 23.6. The van der Waals surface area contributed by atoms with E-state index >= 15 is 0 Å². The Morgan fingerprint density at radius 3 is 2.40 bits per heavy atom. The number of aromatic carboxylic acids is 1. The number of anilines is 1. The highest BCUT2D eigenvalue weighted by Crippen LogP contribution is 2.39. The van der Waals surface area contributed by atoms with Crippen LogP contribution in [0.3, 0.4) is 0 Å². The molecule has 0 atom stereocenters. The Kier molecular flexibility index (Phi) is 10.5. The molecule has 8 nitrogen and oxygen atoms in total. The molecule has 1 aliphatic carbocycles. The Balaban J connectivity index is 1.92. The van der Waals surface area contributed by atoms with Gasteiger partial charge in [0.25, 0.3) is 0 Å². The molecule has 1 amide bonds. The lowest BCUT2D eigenvalue weighted by Gasteiger charge is -2.34. The highest BCUT2D eigenvalue weighted by Gasteiger charge is 2.37. The van der Waals surface area contributed by atoms with Crippen LogP contribution in [0.25, 0.3) is 0 Å². The Morgan fingerprint density at radius 1 is 1.15 bits per heavy atom. The van der Waals surface area contributed by atoms with Crippen molar-refractivity contribution >= 4 is 17.6 Å². The number of methoxy groups -OCH3 is 1. The molecule has 1 aromatic carbocycles. The van der Waals surface area contributed by atoms with Crippen molar-refractivity contribution in [3.63, 3.8) is 0 Å². The minimum Gasteiger partial charge on any atom is -0.478 e. The van der Waals surface area contributed by atoms with Gasteiger partial charge < -0.3 is 19.5 Å². The van der Waals surface area contributed by atoms with E-state index in [4.69, 9.17) is 9.47 Å². The number of carbonyl (C=O) groups excluding carboxylic acids is 1. The number of likely N-dealkylation sites (N-methyl/N-ethyl adjacent to an activating group) is 1. The summed E-state index contributed by atoms with van der Waals surface area (Å²) < 4.78 is 52.3. The molecule has 0 unspecified atom stereocenters. The second-order valence-corrected chi connectivity index (χ2v) is 10.8. The number of benzene rings is 1. The molecule has 3 rings (SSSR count). The van der Waals surface area contributed by atoms with Crippen LogP contribution < -0.4 is 9.64 Å². The van der Waals surface area contributed by atoms with Gasteiger partial charge in [0, 0.05) is 38.4 Å². The van der Waals surface area contributed by atoms with Gasteiger partial charge in [-0.3, -0.25) is 9.69 Å². The maximum Gasteiger partial charge on any atom is 0.421 e. The average Bonchev–Trinajstić information content (AvgIpc) is 2.88. The highest BCUT2D eigenvalue weighted by atomic mass is 19.4. The lowest BCUT2D eigenvalue weighted by atomic mass is 9.82. The van der Waals surface area contributed by atoms with Crippen LogP contribution in [0.5, 0.6) is 11.6 Å². The van der Waals surface area contributed by atoms with Crippen LogP contribution in [0.4, 0.5) is 18.9 Å². The lowest BCUT2D eigenvalue weighted by molar-refractivity contribution is -0.139. The predicted octanol–water partition coefficient (Wildman–Crippen LogP) is 6.24. The van der Waals surface area contributed by atoms with Crippen molar-refractivity contribution in [2.45, 2.75) is 65.2 Å². The van der Waals surface area contributed by atoms with Crippen molar-refractivity contribution in [1.29, 1.82) is 0 Å². The van der Waals surface area contributed by atoms with Crippen LogP contribution in [0, 0.1) is 11.8 Å². The van der Waals surface area contributed by atoms with Crippen molar-refractivity contribution in [3.05, 3.63) is 47.2 Å². The second-order valence-electron chi connectivity index (χ2n) is 10.8. The summed E-state index contributed by atoms with van der Waals surface area (Å²) >= 11 is 0. The van der Waals surface area contributed by atoms with E-state index in [1.807, 2.05) is 0 Å². The molecule has 0 saturated heterocycles. The summed E-state index contributed by atoms with van der Waals surface area (Å²) in [6, 6.07) is 4.56. The SMILES string of the molecule is COCCN(C)Cc1cnc(Oc2ccc(N(C(=O)C3CCC(C)CC3)C(C)C)c(C(=O)O)c2)c(C(F)(F)F)c1. The molecule has 220 valence electrons. The van der Waals surface area contributed by atoms with Gasteiger partial charge in [-0.2, -0.15) is 13.2 Å². The molecule has 0 spiro atoms. The number of hydrogen-bond acceptors (Lipinski definition) is 6. The summed E-state index contributed by atoms with van der Waals surface area (Å²) in [5.41, 5.74) is -0.801. The highest BCUT2D eigenvalue weighted by molar-refractivity contribution is 6.03. The Morgan fingerprint density at radius 2 is 1.82 bits per heavy atom. The van der Waals surface area contributed by atoms with E-state index in [1.165, 1.54) is 23.2 Å². The molecule has 11 heteroatoms. The molecule has 1 fully saturated rings. The van der Waals surface area contributed by atoms with Crippen LogP contribution in [0.15, 0.2) is 30.5 Å². The monoisotopic (exact) mass is 565 g/mol. The summed E-state index contributed by atoms with van der Waals surface area (Å²) in [5, 5.41) is 9.98. The molecule has 1 aromatic heterocycles. The van der Waals surface area contributed by atoms with E-state index in [-0.39, 0.29) is 41.4 Å². The first-order chi connectivity index (χ1) is 18.8. The zero-order valence-corrected chi connectivity index (χ0v) is 23.6. The first-order valence-electron chi connectivity index (χ1n) is 13.4. The fourth-order valence-electron chi connectivity index (χ4n) is 4.93. The quantitative estimate of drug-likeness (QED) is 0.345. The summed E-state index contributed by atoms with van der Waals surface area (Å²) in [6.07, 6.45) is -0.134. The maximum atomic E-state index is 13.9. The largest absolute Gasteiger partial charge is 0.478 e. The predicted molar refractivity (Wildman–Crippen MR) is 145 cm³/mol. The number of rotatable bonds is 11. The van der Waals surface area contributed by atoms with Crippen molar-refractivity contribution < 1.29 is 37.3 Å². The molecule has 0 aliphatic heterocycles. The van der Waals surface area contributed by atoms with Crippen LogP contribution in [-0.4, -0.2) is 60.2 Å². The van der Waals surface area contributed by atoms with Gasteiger partial charge in [-0.05, 0) is 82.3 Å². The molecule has 0 bridgehead atoms. The summed E-state index contributed by atoms with van der Waals surface area (Å²) in [5.74, 6) is -1.95. The van der Waals surface area contributed by atoms with Gasteiger partial charge in [0.1, 0.15) is 11.3 Å². The van der Waals surface area contributed by atoms with Gasteiger partial charge in [-0.15, -0.1) is 0 Å². The zero-order chi connectivity index (χ0) is 29.6. The number of carboxylic acid groups (broad SMARTS) is 1. The third-order valence-corrected chi connectivity index (χ3v) is 7.13. The van der Waals surface area contributed by atoms with Gasteiger partial charge in [0.2, 0.25) is 11.8 Å². The molecule has 1 aliphatic rings. The number of aromatic nitrogens is 1. The average molecular weight is 566 g/mol. The van der Waals surface area contributed by atoms with Gasteiger partial charge in [0.15, 0.2) is 0 Å². The van der Waals surface area contributed by atoms with Crippen molar-refractivity contribution in [2.24, 2.45) is 11.8 Å². The number of hydrogen-bond donors (Lipinski definition) is 1. The molecule has 1 heterocycles. The minimum absolute atomic E-state index is 0.133. The minimum atomic E-state index is -4.75. The summed E-state index contributed by atoms with van der Waals surface area (Å²) in [7, 11) is 3.30. The van der Waals surface area contributed by atoms with Crippen LogP contribution >= 0.6 is 0 Å². The third-order valence-electron chi connectivity index (χ3n) is 7.13. The summed E-state index contributed by atoms with van der Waals surface area (Å²) in [6.45, 7) is 6.92. The lowest BCUT2D eigenvalue weighted by Crippen LogP contribution is -2.42. The molecule has 1 N–H and O–H groups in total. The van der Waals surface area contributed by atoms with E-state index in [1.54, 1.807) is 32.9 Å². The number of ether oxygens (including phenoxy) is 2. The van der Waals surface area contributed by atoms with Crippen molar-refractivity contribution in [1.82, 2.24) is 9.88 Å². The maximum absolute atomic E-state index is 13.9. The van der Waals surface area contributed by atoms with Gasteiger partial charge in [-0.25, -0.2) is 9.78 Å². The topological polar surface area (TPSA) is 92.2 Å². The van der Waals surface area contributed by atoms with E-state index in [2.05, 4.69) is 11.9 Å². The fraction of sp³-hybridized carbons (Fsp3) is 0.552.